The van der Waals surface area contributed by atoms with E-state index in [4.69, 9.17) is 18.9 Å². The maximum Gasteiger partial charge on any atom is 0.333 e. The van der Waals surface area contributed by atoms with Crippen LogP contribution in [0.25, 0.3) is 6.08 Å². The molecule has 1 N–H and O–H groups in total. The third kappa shape index (κ3) is 4.77. The van der Waals surface area contributed by atoms with Gasteiger partial charge in [0.2, 0.25) is 0 Å². The van der Waals surface area contributed by atoms with Gasteiger partial charge in [-0.2, -0.15) is 0 Å². The van der Waals surface area contributed by atoms with Crippen molar-refractivity contribution in [2.24, 2.45) is 11.8 Å². The highest BCUT2D eigenvalue weighted by Gasteiger charge is 2.81. The first-order valence-corrected chi connectivity index (χ1v) is 16.5. The molecule has 4 bridgehead atoms. The molecule has 3 aliphatic heterocycles. The van der Waals surface area contributed by atoms with Crippen LogP contribution in [0.15, 0.2) is 52.7 Å². The molecule has 5 atom stereocenters. The largest absolute Gasteiger partial charge is 0.506 e. The van der Waals surface area contributed by atoms with Gasteiger partial charge in [0.25, 0.3) is 0 Å². The Morgan fingerprint density at radius 3 is 2.38 bits per heavy atom. The summed E-state index contributed by atoms with van der Waals surface area (Å²) >= 11 is 0. The van der Waals surface area contributed by atoms with Gasteiger partial charge in [0, 0.05) is 35.0 Å². The molecule has 1 saturated carbocycles. The second kappa shape index (κ2) is 11.1. The minimum atomic E-state index is -1.57. The second-order valence-electron chi connectivity index (χ2n) is 14.9. The standard InChI is InChI=1S/C39H46O8/c1-21(2)11-10-16-37(8)17-15-25-30(40)29-31(41)27-19-24-20-28-36(6,7)47-38(34(24)42,18-14-23(5)35(43)44-9)39(27,28)46-33(29)26(32(25)45-37)13-12-22(3)4/h11-12,14-15,17,19,24,28,40H,10,13,16,18,20H2,1-9H3/b23-14-/t24-,28?,37?,38?,39-/m1/s1. The molecule has 7 rings (SSSR count). The molecule has 0 radical (unpaired) electrons. The Morgan fingerprint density at radius 2 is 1.72 bits per heavy atom. The summed E-state index contributed by atoms with van der Waals surface area (Å²) in [5.74, 6) is -1.49. The molecule has 1 aromatic rings. The van der Waals surface area contributed by atoms with Gasteiger partial charge in [-0.1, -0.05) is 35.5 Å². The fourth-order valence-corrected chi connectivity index (χ4v) is 8.33. The Kier molecular flexibility index (Phi) is 7.78. The van der Waals surface area contributed by atoms with Crippen LogP contribution in [0.1, 0.15) is 103 Å². The number of fused-ring (bicyclic) bond motifs is 2. The molecular weight excluding hydrogens is 596 g/mol. The minimum absolute atomic E-state index is 0.0189. The van der Waals surface area contributed by atoms with Gasteiger partial charge in [0.1, 0.15) is 28.4 Å². The molecule has 0 aromatic heterocycles. The van der Waals surface area contributed by atoms with E-state index in [9.17, 15) is 19.5 Å². The minimum Gasteiger partial charge on any atom is -0.506 e. The van der Waals surface area contributed by atoms with Crippen molar-refractivity contribution in [1.82, 2.24) is 0 Å². The number of methoxy groups -OCH3 is 1. The number of aromatic hydroxyl groups is 1. The van der Waals surface area contributed by atoms with E-state index < -0.39 is 34.3 Å². The lowest BCUT2D eigenvalue weighted by Gasteiger charge is -2.56. The SMILES string of the molecule is COC(=O)/C(C)=C\CC12OC(C)(C)C3C[C@@H](C=C4C(=O)c5c(O)c6c(c(CC=C(C)C)c5O[C@]431)OC(C)(CCC=C(C)C)C=C6)C2=O. The number of benzene rings is 1. The van der Waals surface area contributed by atoms with Gasteiger partial charge in [-0.15, -0.1) is 0 Å². The summed E-state index contributed by atoms with van der Waals surface area (Å²) in [6.07, 6.45) is 13.8. The summed E-state index contributed by atoms with van der Waals surface area (Å²) in [6, 6.07) is 0. The molecule has 3 unspecified atom stereocenters. The lowest BCUT2D eigenvalue weighted by molar-refractivity contribution is -0.171. The number of rotatable bonds is 8. The summed E-state index contributed by atoms with van der Waals surface area (Å²) in [5.41, 5.74) is -0.446. The molecular formula is C39H46O8. The van der Waals surface area contributed by atoms with Gasteiger partial charge in [-0.05, 0) is 93.2 Å². The second-order valence-corrected chi connectivity index (χ2v) is 14.9. The average molecular weight is 643 g/mol. The zero-order valence-electron chi connectivity index (χ0n) is 29.0. The first kappa shape index (κ1) is 33.0. The predicted octanol–water partition coefficient (Wildman–Crippen LogP) is 7.33. The normalized spacial score (nSPS) is 30.7. The van der Waals surface area contributed by atoms with Crippen LogP contribution >= 0.6 is 0 Å². The number of phenolic OH excluding ortho intramolecular Hbond substituents is 1. The summed E-state index contributed by atoms with van der Waals surface area (Å²) in [7, 11) is 1.31. The Morgan fingerprint density at radius 1 is 1.02 bits per heavy atom. The highest BCUT2D eigenvalue weighted by molar-refractivity contribution is 6.19. The predicted molar refractivity (Wildman–Crippen MR) is 179 cm³/mol. The van der Waals surface area contributed by atoms with E-state index >= 15 is 0 Å². The maximum atomic E-state index is 14.8. The topological polar surface area (TPSA) is 108 Å². The van der Waals surface area contributed by atoms with Crippen molar-refractivity contribution >= 4 is 23.6 Å². The van der Waals surface area contributed by atoms with Crippen LogP contribution in [0.5, 0.6) is 17.2 Å². The van der Waals surface area contributed by atoms with E-state index in [2.05, 4.69) is 19.9 Å². The molecule has 0 amide bonds. The molecule has 6 aliphatic rings. The van der Waals surface area contributed by atoms with Crippen LogP contribution in [-0.2, 0) is 25.5 Å². The zero-order valence-corrected chi connectivity index (χ0v) is 29.0. The molecule has 47 heavy (non-hydrogen) atoms. The Balaban J connectivity index is 1.58. The van der Waals surface area contributed by atoms with Gasteiger partial charge in [0.15, 0.2) is 22.8 Å². The van der Waals surface area contributed by atoms with Crippen molar-refractivity contribution < 1.29 is 38.4 Å². The Bertz CT molecular complexity index is 1740. The first-order chi connectivity index (χ1) is 22.0. The number of ether oxygens (including phenoxy) is 4. The molecule has 1 spiro atoms. The Labute approximate surface area is 277 Å². The van der Waals surface area contributed by atoms with Crippen LogP contribution in [0.3, 0.4) is 0 Å². The van der Waals surface area contributed by atoms with Crippen molar-refractivity contribution in [2.45, 2.75) is 110 Å². The van der Waals surface area contributed by atoms with E-state index in [1.165, 1.54) is 12.7 Å². The highest BCUT2D eigenvalue weighted by atomic mass is 16.6. The van der Waals surface area contributed by atoms with Crippen LogP contribution < -0.4 is 9.47 Å². The number of phenols is 1. The number of hydrogen-bond acceptors (Lipinski definition) is 8. The van der Waals surface area contributed by atoms with E-state index in [1.54, 1.807) is 19.1 Å². The van der Waals surface area contributed by atoms with Gasteiger partial charge >= 0.3 is 5.97 Å². The first-order valence-electron chi connectivity index (χ1n) is 16.5. The van der Waals surface area contributed by atoms with Crippen LogP contribution in [0.2, 0.25) is 0 Å². The number of esters is 1. The molecule has 2 fully saturated rings. The van der Waals surface area contributed by atoms with Crippen molar-refractivity contribution in [2.75, 3.05) is 7.11 Å². The van der Waals surface area contributed by atoms with E-state index in [-0.39, 0.29) is 41.0 Å². The van der Waals surface area contributed by atoms with E-state index in [0.29, 0.717) is 47.3 Å². The smallest absolute Gasteiger partial charge is 0.333 e. The van der Waals surface area contributed by atoms with Crippen molar-refractivity contribution in [1.29, 1.82) is 0 Å². The average Bonchev–Trinajstić information content (AvgIpc) is 3.15. The summed E-state index contributed by atoms with van der Waals surface area (Å²) < 4.78 is 25.7. The number of hydrogen-bond donors (Lipinski definition) is 1. The van der Waals surface area contributed by atoms with Gasteiger partial charge in [-0.3, -0.25) is 9.59 Å². The Hall–Kier alpha value is -3.91. The number of Topliss-reactive ketones (excluding diaryl/α,β-unsaturated/α-hetero) is 2. The lowest BCUT2D eigenvalue weighted by Crippen LogP contribution is -2.72. The van der Waals surface area contributed by atoms with Gasteiger partial charge in [-0.25, -0.2) is 4.79 Å². The van der Waals surface area contributed by atoms with Crippen LogP contribution in [0, 0.1) is 11.8 Å². The fraction of sp³-hybridized carbons (Fsp3) is 0.513. The van der Waals surface area contributed by atoms with Crippen LogP contribution in [-0.4, -0.2) is 52.2 Å². The number of ketones is 2. The quantitative estimate of drug-likeness (QED) is 0.178. The fourth-order valence-electron chi connectivity index (χ4n) is 8.33. The summed E-state index contributed by atoms with van der Waals surface area (Å²) in [4.78, 5) is 41.6. The molecule has 3 heterocycles. The van der Waals surface area contributed by atoms with Crippen molar-refractivity contribution in [3.63, 3.8) is 0 Å². The summed E-state index contributed by atoms with van der Waals surface area (Å²) in [5, 5.41) is 11.8. The molecule has 8 nitrogen and oxygen atoms in total. The van der Waals surface area contributed by atoms with Crippen molar-refractivity contribution in [3.05, 3.63) is 69.4 Å². The third-order valence-corrected chi connectivity index (χ3v) is 10.7. The van der Waals surface area contributed by atoms with Crippen LogP contribution in [0.4, 0.5) is 0 Å². The molecule has 250 valence electrons. The monoisotopic (exact) mass is 642 g/mol. The molecule has 1 saturated heterocycles. The third-order valence-electron chi connectivity index (χ3n) is 10.7. The summed E-state index contributed by atoms with van der Waals surface area (Å²) in [6.45, 7) is 15.6. The lowest BCUT2D eigenvalue weighted by atomic mass is 9.51. The number of carbonyl (C=O) groups excluding carboxylic acids is 3. The molecule has 1 aromatic carbocycles. The van der Waals surface area contributed by atoms with E-state index in [0.717, 1.165) is 12.0 Å². The van der Waals surface area contributed by atoms with Gasteiger partial charge in [0.05, 0.1) is 18.3 Å². The zero-order chi connectivity index (χ0) is 34.3. The number of carbonyl (C=O) groups is 3. The van der Waals surface area contributed by atoms with Gasteiger partial charge < -0.3 is 24.1 Å². The maximum absolute atomic E-state index is 14.8. The molecule has 8 heteroatoms. The number of allylic oxidation sites excluding steroid dienone is 5. The van der Waals surface area contributed by atoms with Crippen molar-refractivity contribution in [3.8, 4) is 17.2 Å². The molecule has 3 aliphatic carbocycles. The highest BCUT2D eigenvalue weighted by Crippen LogP contribution is 2.68. The van der Waals surface area contributed by atoms with E-state index in [1.807, 2.05) is 52.8 Å².